The molecule has 1 aromatic heterocycles. The van der Waals surface area contributed by atoms with E-state index in [0.717, 1.165) is 0 Å². The van der Waals surface area contributed by atoms with Crippen LogP contribution >= 0.6 is 0 Å². The highest BCUT2D eigenvalue weighted by Crippen LogP contribution is 2.37. The maximum Gasteiger partial charge on any atom is 0.494 e. The number of aromatic nitrogens is 2. The van der Waals surface area contributed by atoms with E-state index in [1.54, 1.807) is 19.3 Å². The van der Waals surface area contributed by atoms with Gasteiger partial charge in [0.15, 0.2) is 0 Å². The maximum absolute atomic E-state index is 13.3. The zero-order valence-corrected chi connectivity index (χ0v) is 13.4. The van der Waals surface area contributed by atoms with Crippen molar-refractivity contribution in [3.05, 3.63) is 23.9 Å². The van der Waals surface area contributed by atoms with Crippen molar-refractivity contribution in [3.63, 3.8) is 0 Å². The molecular formula is C15H19BF2N2O2. The largest absolute Gasteiger partial charge is 0.494 e. The van der Waals surface area contributed by atoms with E-state index in [2.05, 4.69) is 5.10 Å². The zero-order chi connectivity index (χ0) is 16.3. The molecule has 0 N–H and O–H groups in total. The maximum atomic E-state index is 13.3. The van der Waals surface area contributed by atoms with Gasteiger partial charge in [-0.2, -0.15) is 5.10 Å². The molecule has 0 amide bonds. The summed E-state index contributed by atoms with van der Waals surface area (Å²) < 4.78 is 40.1. The Bertz CT molecular complexity index is 712. The van der Waals surface area contributed by atoms with Gasteiger partial charge in [0.25, 0.3) is 6.43 Å². The average molecular weight is 308 g/mol. The molecule has 0 radical (unpaired) electrons. The van der Waals surface area contributed by atoms with Crippen molar-refractivity contribution in [1.29, 1.82) is 0 Å². The van der Waals surface area contributed by atoms with E-state index in [-0.39, 0.29) is 5.56 Å². The number of nitrogens with zero attached hydrogens (tertiary/aromatic N) is 2. The summed E-state index contributed by atoms with van der Waals surface area (Å²) in [5.41, 5.74) is -0.200. The summed E-state index contributed by atoms with van der Waals surface area (Å²) in [5, 5.41) is 4.77. The van der Waals surface area contributed by atoms with E-state index in [1.807, 2.05) is 27.7 Å². The minimum absolute atomic E-state index is 0.0946. The third-order valence-corrected chi connectivity index (χ3v) is 4.54. The molecule has 0 aliphatic carbocycles. The monoisotopic (exact) mass is 308 g/mol. The third-order valence-electron chi connectivity index (χ3n) is 4.54. The minimum atomic E-state index is -2.60. The normalized spacial score (nSPS) is 20.3. The van der Waals surface area contributed by atoms with Gasteiger partial charge in [-0.25, -0.2) is 8.78 Å². The number of alkyl halides is 2. The Hall–Kier alpha value is -1.47. The van der Waals surface area contributed by atoms with Crippen LogP contribution in [0.4, 0.5) is 8.78 Å². The molecule has 1 aliphatic rings. The molecule has 0 unspecified atom stereocenters. The Balaban J connectivity index is 2.09. The summed E-state index contributed by atoms with van der Waals surface area (Å²) in [6.45, 7) is 7.74. The fourth-order valence-corrected chi connectivity index (χ4v) is 2.59. The molecule has 1 aliphatic heterocycles. The molecular weight excluding hydrogens is 289 g/mol. The molecule has 0 bridgehead atoms. The topological polar surface area (TPSA) is 36.3 Å². The highest BCUT2D eigenvalue weighted by atomic mass is 19.3. The average Bonchev–Trinajstić information content (AvgIpc) is 2.84. The molecule has 0 saturated carbocycles. The number of fused-ring (bicyclic) bond motifs is 1. The molecule has 1 fully saturated rings. The van der Waals surface area contributed by atoms with E-state index in [9.17, 15) is 8.78 Å². The standard InChI is InChI=1S/C15H19BF2N2O2/c1-14(2)15(3,4)22-16(21-14)10-6-9-8-20(5)19-12(9)11(7-10)13(17)18/h6-8,13H,1-5H3. The Labute approximate surface area is 128 Å². The van der Waals surface area contributed by atoms with Gasteiger partial charge < -0.3 is 9.31 Å². The lowest BCUT2D eigenvalue weighted by atomic mass is 9.77. The molecule has 2 heterocycles. The van der Waals surface area contributed by atoms with E-state index < -0.39 is 24.7 Å². The van der Waals surface area contributed by atoms with Crippen LogP contribution in [0.2, 0.25) is 0 Å². The summed E-state index contributed by atoms with van der Waals surface area (Å²) in [7, 11) is 1.05. The molecule has 118 valence electrons. The molecule has 0 atom stereocenters. The second-order valence-corrected chi connectivity index (χ2v) is 6.74. The summed E-state index contributed by atoms with van der Waals surface area (Å²) in [5.74, 6) is 0. The van der Waals surface area contributed by atoms with Crippen LogP contribution in [0.1, 0.15) is 39.7 Å². The number of benzene rings is 1. The first-order chi connectivity index (χ1) is 10.1. The van der Waals surface area contributed by atoms with Crippen molar-refractivity contribution in [2.75, 3.05) is 0 Å². The quantitative estimate of drug-likeness (QED) is 0.801. The van der Waals surface area contributed by atoms with Crippen LogP contribution in [0.25, 0.3) is 10.9 Å². The second-order valence-electron chi connectivity index (χ2n) is 6.74. The predicted octanol–water partition coefficient (Wildman–Crippen LogP) is 2.81. The molecule has 7 heteroatoms. The summed E-state index contributed by atoms with van der Waals surface area (Å²) in [4.78, 5) is 0. The summed E-state index contributed by atoms with van der Waals surface area (Å²) in [6, 6.07) is 3.23. The molecule has 1 saturated heterocycles. The number of hydrogen-bond acceptors (Lipinski definition) is 3. The van der Waals surface area contributed by atoms with Crippen molar-refractivity contribution in [3.8, 4) is 0 Å². The molecule has 2 aromatic rings. The Morgan fingerprint density at radius 1 is 1.14 bits per heavy atom. The first kappa shape index (κ1) is 15.4. The van der Waals surface area contributed by atoms with Crippen molar-refractivity contribution >= 4 is 23.5 Å². The second kappa shape index (κ2) is 4.76. The first-order valence-corrected chi connectivity index (χ1v) is 7.22. The lowest BCUT2D eigenvalue weighted by molar-refractivity contribution is 0.00578. The highest BCUT2D eigenvalue weighted by Gasteiger charge is 2.51. The van der Waals surface area contributed by atoms with Crippen LogP contribution in [-0.2, 0) is 16.4 Å². The Morgan fingerprint density at radius 2 is 1.73 bits per heavy atom. The van der Waals surface area contributed by atoms with E-state index in [1.165, 1.54) is 10.7 Å². The fraction of sp³-hybridized carbons (Fsp3) is 0.533. The van der Waals surface area contributed by atoms with E-state index in [0.29, 0.717) is 16.4 Å². The molecule has 0 spiro atoms. The van der Waals surface area contributed by atoms with Crippen LogP contribution in [0.5, 0.6) is 0 Å². The number of rotatable bonds is 2. The Morgan fingerprint density at radius 3 is 2.27 bits per heavy atom. The lowest BCUT2D eigenvalue weighted by Gasteiger charge is -2.32. The van der Waals surface area contributed by atoms with Crippen LogP contribution in [0, 0.1) is 0 Å². The summed E-state index contributed by atoms with van der Waals surface area (Å²) in [6.07, 6.45) is -0.879. The van der Waals surface area contributed by atoms with Gasteiger partial charge in [-0.05, 0) is 33.2 Å². The Kier molecular flexibility index (Phi) is 3.34. The molecule has 1 aromatic carbocycles. The SMILES string of the molecule is Cn1cc2cc(B3OC(C)(C)C(C)(C)O3)cc(C(F)F)c2n1. The van der Waals surface area contributed by atoms with Crippen LogP contribution in [0.3, 0.4) is 0 Å². The van der Waals surface area contributed by atoms with Crippen molar-refractivity contribution in [2.24, 2.45) is 7.05 Å². The van der Waals surface area contributed by atoms with Gasteiger partial charge in [-0.15, -0.1) is 0 Å². The van der Waals surface area contributed by atoms with Gasteiger partial charge in [0.2, 0.25) is 0 Å². The lowest BCUT2D eigenvalue weighted by Crippen LogP contribution is -2.41. The van der Waals surface area contributed by atoms with Crippen molar-refractivity contribution in [2.45, 2.75) is 45.3 Å². The van der Waals surface area contributed by atoms with Crippen LogP contribution < -0.4 is 5.46 Å². The molecule has 3 rings (SSSR count). The zero-order valence-electron chi connectivity index (χ0n) is 13.4. The molecule has 22 heavy (non-hydrogen) atoms. The predicted molar refractivity (Wildman–Crippen MR) is 81.4 cm³/mol. The van der Waals surface area contributed by atoms with Gasteiger partial charge in [-0.1, -0.05) is 12.1 Å². The molecule has 4 nitrogen and oxygen atoms in total. The van der Waals surface area contributed by atoms with Gasteiger partial charge in [0, 0.05) is 24.2 Å². The minimum Gasteiger partial charge on any atom is -0.399 e. The first-order valence-electron chi connectivity index (χ1n) is 7.22. The van der Waals surface area contributed by atoms with Gasteiger partial charge >= 0.3 is 7.12 Å². The van der Waals surface area contributed by atoms with Crippen LogP contribution in [0.15, 0.2) is 18.3 Å². The van der Waals surface area contributed by atoms with Crippen LogP contribution in [-0.4, -0.2) is 28.1 Å². The number of aryl methyl sites for hydroxylation is 1. The smallest absolute Gasteiger partial charge is 0.399 e. The fourth-order valence-electron chi connectivity index (χ4n) is 2.59. The van der Waals surface area contributed by atoms with E-state index >= 15 is 0 Å². The van der Waals surface area contributed by atoms with Gasteiger partial charge in [0.05, 0.1) is 11.2 Å². The van der Waals surface area contributed by atoms with Crippen molar-refractivity contribution in [1.82, 2.24) is 9.78 Å². The van der Waals surface area contributed by atoms with Crippen molar-refractivity contribution < 1.29 is 18.1 Å². The number of halogens is 2. The summed E-state index contributed by atoms with van der Waals surface area (Å²) >= 11 is 0. The third kappa shape index (κ3) is 2.32. The number of hydrogen-bond donors (Lipinski definition) is 0. The van der Waals surface area contributed by atoms with E-state index in [4.69, 9.17) is 9.31 Å². The van der Waals surface area contributed by atoms with Gasteiger partial charge in [0.1, 0.15) is 5.52 Å². The van der Waals surface area contributed by atoms with Gasteiger partial charge in [-0.3, -0.25) is 4.68 Å². The highest BCUT2D eigenvalue weighted by molar-refractivity contribution is 6.62.